The molecule has 3 aromatic rings. The summed E-state index contributed by atoms with van der Waals surface area (Å²) in [7, 11) is 0. The molecule has 0 radical (unpaired) electrons. The molecule has 274 valence electrons. The van der Waals surface area contributed by atoms with Crippen LogP contribution in [0.15, 0.2) is 78.9 Å². The maximum atomic E-state index is 14.4. The summed E-state index contributed by atoms with van der Waals surface area (Å²) < 4.78 is 0. The second-order valence-corrected chi connectivity index (χ2v) is 13.9. The highest BCUT2D eigenvalue weighted by molar-refractivity contribution is 6.30. The lowest BCUT2D eigenvalue weighted by atomic mass is 9.81. The van der Waals surface area contributed by atoms with Crippen molar-refractivity contribution >= 4 is 52.9 Å². The Hall–Kier alpha value is -5.23. The maximum Gasteiger partial charge on any atom is 0.326 e. The molecule has 1 aliphatic heterocycles. The molecule has 13 heteroatoms. The molecule has 3 atom stereocenters. The van der Waals surface area contributed by atoms with Gasteiger partial charge in [-0.3, -0.25) is 28.9 Å². The Morgan fingerprint density at radius 3 is 2.12 bits per heavy atom. The second-order valence-electron chi connectivity index (χ2n) is 13.5. The molecule has 0 spiro atoms. The van der Waals surface area contributed by atoms with Gasteiger partial charge in [-0.1, -0.05) is 79.0 Å². The fourth-order valence-electron chi connectivity index (χ4n) is 7.24. The van der Waals surface area contributed by atoms with Gasteiger partial charge in [0.2, 0.25) is 17.7 Å². The monoisotopic (exact) mass is 730 g/mol. The van der Waals surface area contributed by atoms with E-state index < -0.39 is 47.9 Å². The van der Waals surface area contributed by atoms with Gasteiger partial charge in [0.15, 0.2) is 0 Å². The van der Waals surface area contributed by atoms with Crippen molar-refractivity contribution in [2.75, 3.05) is 11.4 Å². The van der Waals surface area contributed by atoms with Gasteiger partial charge in [0.05, 0.1) is 11.8 Å². The molecule has 3 aromatic carbocycles. The van der Waals surface area contributed by atoms with E-state index in [1.165, 1.54) is 16.7 Å². The minimum Gasteiger partial charge on any atom is -0.481 e. The lowest BCUT2D eigenvalue weighted by molar-refractivity contribution is -0.144. The molecule has 12 nitrogen and oxygen atoms in total. The van der Waals surface area contributed by atoms with E-state index in [9.17, 15) is 39.0 Å². The topological polar surface area (TPSA) is 173 Å². The lowest BCUT2D eigenvalue weighted by Crippen LogP contribution is -2.49. The Kier molecular flexibility index (Phi) is 12.3. The first-order valence-electron chi connectivity index (χ1n) is 17.4. The standard InChI is InChI=1S/C39H43ClN4O8/c1-25(45)41-22-21-39(19-5-6-20-39)38(52)42-31(37(50)51)23-26-11-15-30(16-12-26)43-35(28-7-3-2-4-8-28)44(33(46)17-18-34(47)48)32(36(43)49)24-27-9-13-29(40)14-10-27/h2-4,7-16,31-32,35H,5-6,17-24H2,1H3,(H,41,45)(H,42,52)(H,47,48)(H,50,51)/t31?,32-,35+/m1/s1. The zero-order valence-corrected chi connectivity index (χ0v) is 29.7. The van der Waals surface area contributed by atoms with Crippen molar-refractivity contribution < 1.29 is 39.0 Å². The number of anilines is 1. The third-order valence-electron chi connectivity index (χ3n) is 9.92. The van der Waals surface area contributed by atoms with Gasteiger partial charge in [0.25, 0.3) is 5.91 Å². The molecule has 2 fully saturated rings. The van der Waals surface area contributed by atoms with Crippen LogP contribution < -0.4 is 15.5 Å². The van der Waals surface area contributed by atoms with Crippen LogP contribution in [0, 0.1) is 5.41 Å². The number of amides is 4. The Morgan fingerprint density at radius 1 is 0.885 bits per heavy atom. The highest BCUT2D eigenvalue weighted by Gasteiger charge is 2.49. The Bertz CT molecular complexity index is 1780. The van der Waals surface area contributed by atoms with Crippen LogP contribution in [0.1, 0.15) is 74.7 Å². The number of aliphatic carboxylic acids is 2. The summed E-state index contributed by atoms with van der Waals surface area (Å²) >= 11 is 6.10. The Balaban J connectivity index is 1.42. The van der Waals surface area contributed by atoms with Gasteiger partial charge in [-0.25, -0.2) is 4.79 Å². The number of halogens is 1. The molecule has 1 aliphatic carbocycles. The number of carbonyl (C=O) groups is 6. The third-order valence-corrected chi connectivity index (χ3v) is 10.2. The predicted octanol–water partition coefficient (Wildman–Crippen LogP) is 4.89. The normalized spacial score (nSPS) is 18.5. The number of rotatable bonds is 15. The average molecular weight is 731 g/mol. The summed E-state index contributed by atoms with van der Waals surface area (Å²) in [4.78, 5) is 79.9. The van der Waals surface area contributed by atoms with Crippen molar-refractivity contribution in [2.45, 2.75) is 83.0 Å². The zero-order valence-electron chi connectivity index (χ0n) is 28.9. The number of carbonyl (C=O) groups excluding carboxylic acids is 4. The van der Waals surface area contributed by atoms with Crippen LogP contribution in [-0.4, -0.2) is 69.3 Å². The molecule has 4 N–H and O–H groups in total. The van der Waals surface area contributed by atoms with Crippen molar-refractivity contribution in [1.29, 1.82) is 0 Å². The van der Waals surface area contributed by atoms with Crippen molar-refractivity contribution in [1.82, 2.24) is 15.5 Å². The third kappa shape index (κ3) is 8.97. The molecular formula is C39H43ClN4O8. The molecule has 1 heterocycles. The van der Waals surface area contributed by atoms with Gasteiger partial charge in [-0.05, 0) is 60.2 Å². The number of nitrogens with zero attached hydrogens (tertiary/aromatic N) is 2. The Morgan fingerprint density at radius 2 is 1.52 bits per heavy atom. The number of nitrogens with one attached hydrogen (secondary N) is 2. The number of carboxylic acids is 2. The van der Waals surface area contributed by atoms with Gasteiger partial charge >= 0.3 is 11.9 Å². The summed E-state index contributed by atoms with van der Waals surface area (Å²) in [6.07, 6.45) is 1.89. The smallest absolute Gasteiger partial charge is 0.326 e. The van der Waals surface area contributed by atoms with Gasteiger partial charge < -0.3 is 25.7 Å². The SMILES string of the molecule is CC(=O)NCCC1(C(=O)NC(Cc2ccc(N3C(=O)[C@@H](Cc4ccc(Cl)cc4)N(C(=O)CCC(=O)O)[C@H]3c3ccccc3)cc2)C(=O)O)CCCC1. The van der Waals surface area contributed by atoms with Crippen LogP contribution >= 0.6 is 11.6 Å². The van der Waals surface area contributed by atoms with E-state index in [1.54, 1.807) is 72.8 Å². The van der Waals surface area contributed by atoms with E-state index >= 15 is 0 Å². The predicted molar refractivity (Wildman–Crippen MR) is 193 cm³/mol. The first-order valence-corrected chi connectivity index (χ1v) is 17.8. The van der Waals surface area contributed by atoms with Crippen LogP contribution in [0.2, 0.25) is 5.02 Å². The van der Waals surface area contributed by atoms with Crippen molar-refractivity contribution in [3.63, 3.8) is 0 Å². The molecule has 4 amide bonds. The van der Waals surface area contributed by atoms with E-state index in [2.05, 4.69) is 10.6 Å². The molecule has 52 heavy (non-hydrogen) atoms. The van der Waals surface area contributed by atoms with E-state index in [0.29, 0.717) is 47.6 Å². The fraction of sp³-hybridized carbons (Fsp3) is 0.385. The lowest BCUT2D eigenvalue weighted by Gasteiger charge is -2.32. The minimum absolute atomic E-state index is 0.0157. The van der Waals surface area contributed by atoms with E-state index in [4.69, 9.17) is 11.6 Å². The zero-order chi connectivity index (χ0) is 37.4. The van der Waals surface area contributed by atoms with Gasteiger partial charge in [-0.15, -0.1) is 0 Å². The average Bonchev–Trinajstić information content (AvgIpc) is 3.71. The number of benzene rings is 3. The summed E-state index contributed by atoms with van der Waals surface area (Å²) in [5.41, 5.74) is 1.72. The molecule has 2 aliphatic rings. The molecule has 1 saturated carbocycles. The van der Waals surface area contributed by atoms with Crippen molar-refractivity contribution in [3.8, 4) is 0 Å². The molecule has 1 unspecified atom stereocenters. The number of hydrogen-bond donors (Lipinski definition) is 4. The molecular weight excluding hydrogens is 688 g/mol. The van der Waals surface area contributed by atoms with Crippen LogP contribution in [-0.2, 0) is 41.6 Å². The fourth-order valence-corrected chi connectivity index (χ4v) is 7.37. The van der Waals surface area contributed by atoms with Gasteiger partial charge in [-0.2, -0.15) is 0 Å². The molecule has 5 rings (SSSR count). The quantitative estimate of drug-likeness (QED) is 0.171. The number of hydrogen-bond acceptors (Lipinski definition) is 6. The maximum absolute atomic E-state index is 14.4. The van der Waals surface area contributed by atoms with Gasteiger partial charge in [0, 0.05) is 43.4 Å². The van der Waals surface area contributed by atoms with Crippen molar-refractivity contribution in [3.05, 3.63) is 101 Å². The van der Waals surface area contributed by atoms with Crippen LogP contribution in [0.25, 0.3) is 0 Å². The van der Waals surface area contributed by atoms with E-state index in [-0.39, 0.29) is 37.0 Å². The minimum atomic E-state index is -1.21. The Labute approximate surface area is 307 Å². The van der Waals surface area contributed by atoms with Crippen molar-refractivity contribution in [2.24, 2.45) is 5.41 Å². The van der Waals surface area contributed by atoms with Gasteiger partial charge in [0.1, 0.15) is 18.2 Å². The molecule has 0 aromatic heterocycles. The number of carboxylic acid groups (broad SMARTS) is 2. The highest BCUT2D eigenvalue weighted by atomic mass is 35.5. The van der Waals surface area contributed by atoms with Crippen LogP contribution in [0.4, 0.5) is 5.69 Å². The molecule has 0 bridgehead atoms. The van der Waals surface area contributed by atoms with Crippen LogP contribution in [0.5, 0.6) is 0 Å². The highest BCUT2D eigenvalue weighted by Crippen LogP contribution is 2.42. The van der Waals surface area contributed by atoms with E-state index in [0.717, 1.165) is 18.4 Å². The van der Waals surface area contributed by atoms with E-state index in [1.807, 2.05) is 6.07 Å². The summed E-state index contributed by atoms with van der Waals surface area (Å²) in [5, 5.41) is 25.5. The second kappa shape index (κ2) is 16.9. The first-order chi connectivity index (χ1) is 24.9. The summed E-state index contributed by atoms with van der Waals surface area (Å²) in [6.45, 7) is 1.73. The van der Waals surface area contributed by atoms with Crippen LogP contribution in [0.3, 0.4) is 0 Å². The first kappa shape index (κ1) is 38.0. The summed E-state index contributed by atoms with van der Waals surface area (Å²) in [5.74, 6) is -3.70. The summed E-state index contributed by atoms with van der Waals surface area (Å²) in [6, 6.07) is 20.5. The largest absolute Gasteiger partial charge is 0.481 e. The molecule has 1 saturated heterocycles.